The average molecular weight is 449 g/mol. The van der Waals surface area contributed by atoms with E-state index in [2.05, 4.69) is 35.4 Å². The number of alkyl halides is 6. The quantitative estimate of drug-likeness (QED) is 0.697. The molecule has 2 rings (SSSR count). The molecule has 26 heavy (non-hydrogen) atoms. The summed E-state index contributed by atoms with van der Waals surface area (Å²) in [5.41, 5.74) is 0. The van der Waals surface area contributed by atoms with E-state index < -0.39 is 25.6 Å². The average Bonchev–Trinajstić information content (AvgIpc) is 2.53. The van der Waals surface area contributed by atoms with E-state index in [1.54, 1.807) is 6.07 Å². The third-order valence-electron chi connectivity index (χ3n) is 2.19. The van der Waals surface area contributed by atoms with Gasteiger partial charge in [0.05, 0.1) is 6.20 Å². The summed E-state index contributed by atoms with van der Waals surface area (Å²) in [7, 11) is 0. The minimum atomic E-state index is -4.38. The van der Waals surface area contributed by atoms with Gasteiger partial charge in [0.25, 0.3) is 0 Å². The molecule has 0 saturated carbocycles. The van der Waals surface area contributed by atoms with Crippen LogP contribution in [0.25, 0.3) is 0 Å². The smallest absolute Gasteiger partial charge is 0.422 e. The second-order valence-corrected chi connectivity index (χ2v) is 5.39. The lowest BCUT2D eigenvalue weighted by atomic mass is 10.4. The first-order valence-electron chi connectivity index (χ1n) is 6.60. The summed E-state index contributed by atoms with van der Waals surface area (Å²) in [6.45, 7) is -2.70. The Morgan fingerprint density at radius 2 is 1.27 bits per heavy atom. The molecule has 2 heterocycles. The molecule has 5 nitrogen and oxygen atoms in total. The van der Waals surface area contributed by atoms with Crippen LogP contribution in [0, 0.1) is 0 Å². The minimum absolute atomic E-state index is 0.0412. The normalized spacial score (nSPS) is 11.3. The maximum absolute atomic E-state index is 11.7. The summed E-state index contributed by atoms with van der Waals surface area (Å²) >= 11 is 3.10. The van der Waals surface area contributed by atoms with E-state index in [1.165, 1.54) is 18.3 Å². The van der Waals surface area contributed by atoms with Gasteiger partial charge in [-0.2, -0.15) is 26.3 Å². The number of nitrogens with zero attached hydrogens (tertiary/aromatic N) is 2. The van der Waals surface area contributed by atoms with Crippen LogP contribution in [0.2, 0.25) is 0 Å². The summed E-state index contributed by atoms with van der Waals surface area (Å²) in [4.78, 5) is 7.02. The van der Waals surface area contributed by atoms with Gasteiger partial charge < -0.3 is 14.6 Å². The monoisotopic (exact) mass is 448 g/mol. The van der Waals surface area contributed by atoms with Crippen molar-refractivity contribution in [1.29, 1.82) is 0 Å². The first kappa shape index (κ1) is 21.8. The van der Waals surface area contributed by atoms with Crippen molar-refractivity contribution in [1.82, 2.24) is 9.97 Å². The zero-order valence-corrected chi connectivity index (χ0v) is 14.3. The molecule has 0 saturated heterocycles. The van der Waals surface area contributed by atoms with Crippen molar-refractivity contribution in [2.75, 3.05) is 13.2 Å². The van der Waals surface area contributed by atoms with Crippen molar-refractivity contribution in [3.63, 3.8) is 0 Å². The molecule has 0 aromatic carbocycles. The molecule has 0 unspecified atom stereocenters. The fraction of sp³-hybridized carbons (Fsp3) is 0.286. The van der Waals surface area contributed by atoms with Crippen LogP contribution in [0.1, 0.15) is 0 Å². The molecule has 0 aliphatic rings. The fourth-order valence-electron chi connectivity index (χ4n) is 1.22. The molecule has 0 aliphatic heterocycles. The van der Waals surface area contributed by atoms with Crippen molar-refractivity contribution in [3.8, 4) is 17.5 Å². The molecule has 0 bridgehead atoms. The van der Waals surface area contributed by atoms with E-state index in [4.69, 9.17) is 5.11 Å². The minimum Gasteiger partial charge on any atom is -0.506 e. The van der Waals surface area contributed by atoms with Gasteiger partial charge in [0, 0.05) is 22.8 Å². The van der Waals surface area contributed by atoms with Crippen molar-refractivity contribution >= 4 is 15.9 Å². The Morgan fingerprint density at radius 1 is 0.808 bits per heavy atom. The number of pyridine rings is 2. The van der Waals surface area contributed by atoms with Crippen LogP contribution in [-0.2, 0) is 0 Å². The van der Waals surface area contributed by atoms with Crippen LogP contribution >= 0.6 is 15.9 Å². The van der Waals surface area contributed by atoms with Gasteiger partial charge in [0.2, 0.25) is 11.8 Å². The molecule has 12 heteroatoms. The highest BCUT2D eigenvalue weighted by atomic mass is 79.9. The van der Waals surface area contributed by atoms with E-state index >= 15 is 0 Å². The van der Waals surface area contributed by atoms with Crippen molar-refractivity contribution in [3.05, 3.63) is 41.1 Å². The van der Waals surface area contributed by atoms with Crippen LogP contribution in [0.5, 0.6) is 17.5 Å². The summed E-state index contributed by atoms with van der Waals surface area (Å²) in [5.74, 6) is -0.338. The van der Waals surface area contributed by atoms with Gasteiger partial charge in [-0.15, -0.1) is 0 Å². The van der Waals surface area contributed by atoms with Gasteiger partial charge in [-0.05, 0) is 28.1 Å². The van der Waals surface area contributed by atoms with Gasteiger partial charge in [0.1, 0.15) is 5.75 Å². The van der Waals surface area contributed by atoms with Crippen LogP contribution in [0.4, 0.5) is 26.3 Å². The number of aromatic hydroxyl groups is 1. The molecule has 0 radical (unpaired) electrons. The molecule has 0 atom stereocenters. The highest BCUT2D eigenvalue weighted by Gasteiger charge is 2.29. The molecule has 1 N–H and O–H groups in total. The maximum Gasteiger partial charge on any atom is 0.422 e. The Labute approximate surface area is 151 Å². The van der Waals surface area contributed by atoms with Gasteiger partial charge in [0.15, 0.2) is 13.2 Å². The molecule has 0 spiro atoms. The molecular weight excluding hydrogens is 438 g/mol. The Hall–Kier alpha value is -2.24. The van der Waals surface area contributed by atoms with E-state index in [0.717, 1.165) is 12.3 Å². The molecule has 2 aromatic heterocycles. The number of aromatic nitrogens is 2. The fourth-order valence-corrected chi connectivity index (χ4v) is 1.45. The van der Waals surface area contributed by atoms with Gasteiger partial charge >= 0.3 is 12.4 Å². The third-order valence-corrected chi connectivity index (χ3v) is 2.66. The zero-order valence-electron chi connectivity index (χ0n) is 12.7. The molecule has 0 amide bonds. The Morgan fingerprint density at radius 3 is 1.62 bits per heavy atom. The second kappa shape index (κ2) is 9.46. The van der Waals surface area contributed by atoms with Crippen LogP contribution in [-0.4, -0.2) is 40.6 Å². The topological polar surface area (TPSA) is 64.5 Å². The molecule has 0 aliphatic carbocycles. The lowest BCUT2D eigenvalue weighted by molar-refractivity contribution is -0.154. The highest BCUT2D eigenvalue weighted by molar-refractivity contribution is 9.10. The summed E-state index contributed by atoms with van der Waals surface area (Å²) in [6.07, 6.45) is -6.33. The highest BCUT2D eigenvalue weighted by Crippen LogP contribution is 2.19. The van der Waals surface area contributed by atoms with Crippen molar-refractivity contribution in [2.45, 2.75) is 12.4 Å². The van der Waals surface area contributed by atoms with Crippen LogP contribution in [0.15, 0.2) is 41.1 Å². The van der Waals surface area contributed by atoms with Crippen molar-refractivity contribution in [2.24, 2.45) is 0 Å². The first-order valence-corrected chi connectivity index (χ1v) is 7.39. The first-order chi connectivity index (χ1) is 11.9. The SMILES string of the molecule is FC(F)(F)COc1ccc(Br)cn1.Oc1ccc(OCC(F)(F)F)nc1. The van der Waals surface area contributed by atoms with Crippen molar-refractivity contribution < 1.29 is 40.9 Å². The molecule has 2 aromatic rings. The predicted molar refractivity (Wildman–Crippen MR) is 80.9 cm³/mol. The maximum atomic E-state index is 11.7. The predicted octanol–water partition coefficient (Wildman–Crippen LogP) is 4.51. The second-order valence-electron chi connectivity index (χ2n) is 4.48. The lowest BCUT2D eigenvalue weighted by Gasteiger charge is -2.07. The number of halogens is 7. The summed E-state index contributed by atoms with van der Waals surface area (Å²) < 4.78 is 79.2. The number of ether oxygens (including phenoxy) is 2. The van der Waals surface area contributed by atoms with E-state index in [-0.39, 0.29) is 17.5 Å². The number of rotatable bonds is 4. The molecular formula is C14H11BrF6N2O3. The van der Waals surface area contributed by atoms with E-state index in [9.17, 15) is 26.3 Å². The summed E-state index contributed by atoms with van der Waals surface area (Å²) in [6, 6.07) is 5.26. The summed E-state index contributed by atoms with van der Waals surface area (Å²) in [5, 5.41) is 8.74. The standard InChI is InChI=1S/C7H5BrF3NO.C7H6F3NO2/c8-5-1-2-6(12-3-5)13-4-7(9,10)11;8-7(9,10)4-13-6-2-1-5(12)3-11-6/h1-3H,4H2;1-3,12H,4H2. The van der Waals surface area contributed by atoms with Gasteiger partial charge in [-0.3, -0.25) is 0 Å². The lowest BCUT2D eigenvalue weighted by Crippen LogP contribution is -2.19. The van der Waals surface area contributed by atoms with E-state index in [1.807, 2.05) is 0 Å². The molecule has 144 valence electrons. The Bertz CT molecular complexity index is 603. The zero-order chi connectivity index (χ0) is 19.8. The number of hydrogen-bond donors (Lipinski definition) is 1. The number of hydrogen-bond acceptors (Lipinski definition) is 5. The van der Waals surface area contributed by atoms with E-state index in [0.29, 0.717) is 4.47 Å². The third kappa shape index (κ3) is 10.6. The van der Waals surface area contributed by atoms with Gasteiger partial charge in [-0.25, -0.2) is 9.97 Å². The Kier molecular flexibility index (Phi) is 7.93. The van der Waals surface area contributed by atoms with Gasteiger partial charge in [-0.1, -0.05) is 0 Å². The van der Waals surface area contributed by atoms with Crippen LogP contribution < -0.4 is 9.47 Å². The molecule has 0 fully saturated rings. The largest absolute Gasteiger partial charge is 0.506 e. The Balaban J connectivity index is 0.000000260. The van der Waals surface area contributed by atoms with Crippen LogP contribution in [0.3, 0.4) is 0 Å².